The van der Waals surface area contributed by atoms with Crippen LogP contribution in [0.4, 0.5) is 17.2 Å². The molecule has 0 bridgehead atoms. The van der Waals surface area contributed by atoms with E-state index in [1.807, 2.05) is 43.3 Å². The molecule has 0 N–H and O–H groups in total. The van der Waals surface area contributed by atoms with Crippen molar-refractivity contribution in [3.63, 3.8) is 0 Å². The van der Waals surface area contributed by atoms with Crippen LogP contribution in [0.25, 0.3) is 0 Å². The van der Waals surface area contributed by atoms with Gasteiger partial charge in [-0.1, -0.05) is 0 Å². The molecule has 1 aromatic heterocycles. The van der Waals surface area contributed by atoms with Gasteiger partial charge >= 0.3 is 0 Å². The van der Waals surface area contributed by atoms with Gasteiger partial charge in [0.1, 0.15) is 24.2 Å². The maximum Gasteiger partial charge on any atom is 0.193 e. The Bertz CT molecular complexity index is 945. The molecule has 0 atom stereocenters. The first-order valence-corrected chi connectivity index (χ1v) is 8.14. The summed E-state index contributed by atoms with van der Waals surface area (Å²) in [4.78, 5) is 2.23. The molecule has 0 fully saturated rings. The maximum atomic E-state index is 9.27. The summed E-state index contributed by atoms with van der Waals surface area (Å²) >= 11 is 0. The van der Waals surface area contributed by atoms with Gasteiger partial charge in [0.25, 0.3) is 0 Å². The lowest BCUT2D eigenvalue weighted by Gasteiger charge is -2.21. The number of anilines is 1. The van der Waals surface area contributed by atoms with Gasteiger partial charge in [0, 0.05) is 18.8 Å². The number of hydrogen-bond acceptors (Lipinski definition) is 7. The molecule has 0 aliphatic heterocycles. The molecule has 2 aromatic rings. The Balaban J connectivity index is 2.42. The minimum absolute atomic E-state index is 0.0175. The number of nitriles is 3. The third-order valence-electron chi connectivity index (χ3n) is 3.93. The Morgan fingerprint density at radius 3 is 2.38 bits per heavy atom. The molecule has 8 heteroatoms. The highest BCUT2D eigenvalue weighted by Gasteiger charge is 2.17. The molecule has 8 nitrogen and oxygen atoms in total. The normalized spacial score (nSPS) is 10.3. The smallest absolute Gasteiger partial charge is 0.193 e. The second kappa shape index (κ2) is 8.41. The predicted octanol–water partition coefficient (Wildman–Crippen LogP) is 3.72. The summed E-state index contributed by atoms with van der Waals surface area (Å²) < 4.78 is 1.21. The van der Waals surface area contributed by atoms with Crippen LogP contribution in [-0.2, 0) is 6.54 Å². The highest BCUT2D eigenvalue weighted by Crippen LogP contribution is 2.28. The maximum absolute atomic E-state index is 9.27. The third kappa shape index (κ3) is 3.68. The zero-order valence-corrected chi connectivity index (χ0v) is 14.9. The van der Waals surface area contributed by atoms with Gasteiger partial charge in [-0.3, -0.25) is 0 Å². The lowest BCUT2D eigenvalue weighted by Crippen LogP contribution is -2.21. The molecule has 0 unspecified atom stereocenters. The minimum atomic E-state index is -0.120. The predicted molar refractivity (Wildman–Crippen MR) is 96.2 cm³/mol. The lowest BCUT2D eigenvalue weighted by molar-refractivity contribution is 0.705. The van der Waals surface area contributed by atoms with Crippen LogP contribution in [0.3, 0.4) is 0 Å². The average molecular weight is 346 g/mol. The molecule has 0 spiro atoms. The molecular weight excluding hydrogens is 328 g/mol. The molecular formula is C18H18N8. The number of hydrogen-bond donors (Lipinski definition) is 0. The first-order chi connectivity index (χ1) is 12.6. The van der Waals surface area contributed by atoms with E-state index in [2.05, 4.69) is 34.1 Å². The Morgan fingerprint density at radius 1 is 1.12 bits per heavy atom. The molecule has 0 aliphatic rings. The molecule has 0 radical (unpaired) electrons. The molecule has 130 valence electrons. The van der Waals surface area contributed by atoms with Crippen molar-refractivity contribution in [2.24, 2.45) is 10.2 Å². The van der Waals surface area contributed by atoms with Gasteiger partial charge in [-0.25, -0.2) is 4.68 Å². The molecule has 0 saturated carbocycles. The summed E-state index contributed by atoms with van der Waals surface area (Å²) in [6.45, 7) is 7.82. The molecule has 0 aliphatic carbocycles. The van der Waals surface area contributed by atoms with E-state index in [0.29, 0.717) is 5.69 Å². The van der Waals surface area contributed by atoms with E-state index in [0.717, 1.165) is 24.3 Å². The van der Waals surface area contributed by atoms with Crippen LogP contribution in [0.2, 0.25) is 0 Å². The fraction of sp³-hybridized carbons (Fsp3) is 0.333. The van der Waals surface area contributed by atoms with Crippen LogP contribution >= 0.6 is 0 Å². The van der Waals surface area contributed by atoms with Gasteiger partial charge in [0.05, 0.1) is 11.8 Å². The van der Waals surface area contributed by atoms with Crippen LogP contribution in [0.1, 0.15) is 30.7 Å². The van der Waals surface area contributed by atoms with Crippen molar-refractivity contribution in [2.45, 2.75) is 27.3 Å². The van der Waals surface area contributed by atoms with Crippen molar-refractivity contribution in [1.82, 2.24) is 9.78 Å². The third-order valence-corrected chi connectivity index (χ3v) is 3.93. The van der Waals surface area contributed by atoms with Crippen molar-refractivity contribution in [3.05, 3.63) is 35.0 Å². The van der Waals surface area contributed by atoms with Gasteiger partial charge in [-0.05, 0) is 44.5 Å². The van der Waals surface area contributed by atoms with Crippen molar-refractivity contribution in [3.8, 4) is 18.2 Å². The van der Waals surface area contributed by atoms with Crippen LogP contribution in [0.15, 0.2) is 28.4 Å². The van der Waals surface area contributed by atoms with E-state index in [1.165, 1.54) is 4.68 Å². The molecule has 0 amide bonds. The molecule has 0 saturated heterocycles. The van der Waals surface area contributed by atoms with Crippen molar-refractivity contribution < 1.29 is 0 Å². The summed E-state index contributed by atoms with van der Waals surface area (Å²) in [5.74, 6) is 0.109. The van der Waals surface area contributed by atoms with E-state index in [4.69, 9.17) is 10.5 Å². The summed E-state index contributed by atoms with van der Waals surface area (Å²) in [7, 11) is 0. The second-order valence-corrected chi connectivity index (χ2v) is 5.43. The molecule has 1 heterocycles. The van der Waals surface area contributed by atoms with Crippen LogP contribution < -0.4 is 4.90 Å². The van der Waals surface area contributed by atoms with Gasteiger partial charge < -0.3 is 4.90 Å². The highest BCUT2D eigenvalue weighted by molar-refractivity contribution is 5.59. The van der Waals surface area contributed by atoms with Gasteiger partial charge in [0.15, 0.2) is 11.5 Å². The molecule has 1 aromatic carbocycles. The van der Waals surface area contributed by atoms with Crippen LogP contribution in [0.5, 0.6) is 0 Å². The number of aryl methyl sites for hydroxylation is 1. The van der Waals surface area contributed by atoms with E-state index in [9.17, 15) is 5.26 Å². The summed E-state index contributed by atoms with van der Waals surface area (Å²) in [6, 6.07) is 11.5. The number of azo groups is 1. The number of rotatable bonds is 6. The van der Waals surface area contributed by atoms with E-state index in [-0.39, 0.29) is 23.6 Å². The fourth-order valence-corrected chi connectivity index (χ4v) is 2.55. The fourth-order valence-electron chi connectivity index (χ4n) is 2.55. The number of aromatic nitrogens is 2. The SMILES string of the molecule is CCN(CC)c1ccc(N=Nc2c(C#N)c(C#N)nn2CC#N)c(C)c1. The van der Waals surface area contributed by atoms with Crippen molar-refractivity contribution in [1.29, 1.82) is 15.8 Å². The lowest BCUT2D eigenvalue weighted by atomic mass is 10.1. The zero-order valence-electron chi connectivity index (χ0n) is 14.9. The summed E-state index contributed by atoms with van der Waals surface area (Å²) in [5, 5.41) is 39.5. The second-order valence-electron chi connectivity index (χ2n) is 5.43. The van der Waals surface area contributed by atoms with E-state index in [1.54, 1.807) is 0 Å². The zero-order chi connectivity index (χ0) is 19.1. The van der Waals surface area contributed by atoms with Gasteiger partial charge in [-0.15, -0.1) is 10.2 Å². The number of benzene rings is 1. The first kappa shape index (κ1) is 18.6. The average Bonchev–Trinajstić information content (AvgIpc) is 2.99. The van der Waals surface area contributed by atoms with Crippen LogP contribution in [0, 0.1) is 40.9 Å². The van der Waals surface area contributed by atoms with Crippen molar-refractivity contribution in [2.75, 3.05) is 18.0 Å². The Morgan fingerprint density at radius 2 is 1.85 bits per heavy atom. The Labute approximate surface area is 152 Å². The topological polar surface area (TPSA) is 117 Å². The van der Waals surface area contributed by atoms with Gasteiger partial charge in [-0.2, -0.15) is 20.9 Å². The minimum Gasteiger partial charge on any atom is -0.372 e. The monoisotopic (exact) mass is 346 g/mol. The molecule has 2 rings (SSSR count). The van der Waals surface area contributed by atoms with E-state index < -0.39 is 0 Å². The summed E-state index contributed by atoms with van der Waals surface area (Å²) in [5.41, 5.74) is 2.64. The van der Waals surface area contributed by atoms with Gasteiger partial charge in [0.2, 0.25) is 0 Å². The van der Waals surface area contributed by atoms with E-state index >= 15 is 0 Å². The van der Waals surface area contributed by atoms with Crippen molar-refractivity contribution >= 4 is 17.2 Å². The first-order valence-electron chi connectivity index (χ1n) is 8.14. The number of nitrogens with zero attached hydrogens (tertiary/aromatic N) is 8. The Hall–Kier alpha value is -3.70. The molecule has 26 heavy (non-hydrogen) atoms. The largest absolute Gasteiger partial charge is 0.372 e. The highest BCUT2D eigenvalue weighted by atomic mass is 15.3. The summed E-state index contributed by atoms with van der Waals surface area (Å²) in [6.07, 6.45) is 0. The van der Waals surface area contributed by atoms with Crippen LogP contribution in [-0.4, -0.2) is 22.9 Å². The standard InChI is InChI=1S/C18H18N8/c1-4-25(5-2)14-6-7-16(13(3)10-14)22-23-18-15(11-20)17(12-21)24-26(18)9-8-19/h6-7,10H,4-5,9H2,1-3H3. The quantitative estimate of drug-likeness (QED) is 0.739. The Kier molecular flexibility index (Phi) is 6.03.